The van der Waals surface area contributed by atoms with Crippen LogP contribution >= 0.6 is 7.37 Å². The normalized spacial score (nSPS) is 15.9. The highest BCUT2D eigenvalue weighted by molar-refractivity contribution is 7.58. The lowest BCUT2D eigenvalue weighted by Gasteiger charge is -2.25. The largest absolute Gasteiger partial charge is 0.357 e. The lowest BCUT2D eigenvalue weighted by Crippen LogP contribution is -2.49. The van der Waals surface area contributed by atoms with Crippen molar-refractivity contribution in [3.8, 4) is 0 Å². The topological polar surface area (TPSA) is 125 Å². The lowest BCUT2D eigenvalue weighted by atomic mass is 9.96. The van der Waals surface area contributed by atoms with Crippen LogP contribution in [-0.4, -0.2) is 48.2 Å². The standard InChI is InChI=1S/C17H34N3O5P/c1-11(2)7-14(9-26(24,25)10-19-13(5)21)16(22)20-15(8-12(3)4)17(23)18-6/h11-12,14-15H,7-10H2,1-6H3,(H,18,23)(H,19,21)(H,20,22)(H,24,25)/t14-,15+/m1/s1. The first kappa shape index (κ1) is 24.6. The molecule has 0 aliphatic heterocycles. The van der Waals surface area contributed by atoms with Gasteiger partial charge in [0.2, 0.25) is 25.1 Å². The molecule has 0 aliphatic carbocycles. The number of likely N-dealkylation sites (N-methyl/N-ethyl adjacent to an activating group) is 1. The van der Waals surface area contributed by atoms with Crippen LogP contribution < -0.4 is 16.0 Å². The van der Waals surface area contributed by atoms with Crippen LogP contribution in [0, 0.1) is 17.8 Å². The maximum atomic E-state index is 12.7. The zero-order chi connectivity index (χ0) is 20.5. The van der Waals surface area contributed by atoms with Crippen LogP contribution in [0.3, 0.4) is 0 Å². The molecule has 4 N–H and O–H groups in total. The minimum atomic E-state index is -3.71. The third-order valence-corrected chi connectivity index (χ3v) is 5.46. The van der Waals surface area contributed by atoms with Crippen LogP contribution in [0.1, 0.15) is 47.5 Å². The second-order valence-electron chi connectivity index (χ2n) is 7.55. The molecule has 152 valence electrons. The second-order valence-corrected chi connectivity index (χ2v) is 9.93. The molecule has 0 fully saturated rings. The third kappa shape index (κ3) is 10.6. The Balaban J connectivity index is 5.19. The molecule has 0 aromatic rings. The molecule has 1 unspecified atom stereocenters. The Labute approximate surface area is 156 Å². The molecule has 0 radical (unpaired) electrons. The maximum Gasteiger partial charge on any atom is 0.242 e. The predicted octanol–water partition coefficient (Wildman–Crippen LogP) is 1.29. The van der Waals surface area contributed by atoms with Crippen molar-refractivity contribution in [3.05, 3.63) is 0 Å². The van der Waals surface area contributed by atoms with E-state index >= 15 is 0 Å². The molecule has 0 aromatic heterocycles. The van der Waals surface area contributed by atoms with E-state index in [0.29, 0.717) is 12.8 Å². The van der Waals surface area contributed by atoms with E-state index in [4.69, 9.17) is 0 Å². The zero-order valence-corrected chi connectivity index (χ0v) is 17.6. The number of carbonyl (C=O) groups is 3. The van der Waals surface area contributed by atoms with E-state index in [1.165, 1.54) is 14.0 Å². The number of amides is 3. The predicted molar refractivity (Wildman–Crippen MR) is 102 cm³/mol. The van der Waals surface area contributed by atoms with Crippen molar-refractivity contribution < 1.29 is 23.8 Å². The van der Waals surface area contributed by atoms with Gasteiger partial charge in [0, 0.05) is 26.1 Å². The molecule has 0 rings (SSSR count). The summed E-state index contributed by atoms with van der Waals surface area (Å²) in [4.78, 5) is 45.8. The Kier molecular flexibility index (Phi) is 10.7. The summed E-state index contributed by atoms with van der Waals surface area (Å²) in [6.07, 6.45) is 0.287. The average molecular weight is 391 g/mol. The molecule has 3 atom stereocenters. The fraction of sp³-hybridized carbons (Fsp3) is 0.824. The van der Waals surface area contributed by atoms with Crippen LogP contribution in [0.4, 0.5) is 0 Å². The Hall–Kier alpha value is -1.40. The first-order valence-electron chi connectivity index (χ1n) is 8.95. The van der Waals surface area contributed by atoms with E-state index in [9.17, 15) is 23.8 Å². The molecule has 0 spiro atoms. The Morgan fingerprint density at radius 2 is 1.54 bits per heavy atom. The fourth-order valence-electron chi connectivity index (χ4n) is 2.64. The molecule has 0 aromatic carbocycles. The van der Waals surface area contributed by atoms with E-state index in [1.54, 1.807) is 0 Å². The fourth-order valence-corrected chi connectivity index (χ4v) is 4.25. The van der Waals surface area contributed by atoms with Crippen LogP contribution in [0.25, 0.3) is 0 Å². The first-order chi connectivity index (χ1) is 11.9. The van der Waals surface area contributed by atoms with Gasteiger partial charge in [0.1, 0.15) is 6.04 Å². The Morgan fingerprint density at radius 3 is 1.96 bits per heavy atom. The van der Waals surface area contributed by atoms with Gasteiger partial charge in [0.15, 0.2) is 0 Å². The molecule has 0 saturated heterocycles. The smallest absolute Gasteiger partial charge is 0.242 e. The SMILES string of the molecule is CNC(=O)[C@H](CC(C)C)NC(=O)[C@H](CC(C)C)CP(=O)(O)CNC(C)=O. The zero-order valence-electron chi connectivity index (χ0n) is 16.7. The second kappa shape index (κ2) is 11.3. The van der Waals surface area contributed by atoms with E-state index in [1.807, 2.05) is 27.7 Å². The molecule has 26 heavy (non-hydrogen) atoms. The summed E-state index contributed by atoms with van der Waals surface area (Å²) in [6, 6.07) is -0.685. The highest BCUT2D eigenvalue weighted by Gasteiger charge is 2.32. The molecule has 0 saturated carbocycles. The van der Waals surface area contributed by atoms with Gasteiger partial charge in [-0.2, -0.15) is 0 Å². The Morgan fingerprint density at radius 1 is 1.00 bits per heavy atom. The molecule has 9 heteroatoms. The molecule has 0 bridgehead atoms. The molecule has 0 aliphatic rings. The van der Waals surface area contributed by atoms with Crippen molar-refractivity contribution in [2.75, 3.05) is 19.5 Å². The number of hydrogen-bond acceptors (Lipinski definition) is 4. The van der Waals surface area contributed by atoms with Crippen LogP contribution in [0.5, 0.6) is 0 Å². The summed E-state index contributed by atoms with van der Waals surface area (Å²) in [5, 5.41) is 7.58. The van der Waals surface area contributed by atoms with Gasteiger partial charge in [-0.15, -0.1) is 0 Å². The lowest BCUT2D eigenvalue weighted by molar-refractivity contribution is -0.131. The highest BCUT2D eigenvalue weighted by atomic mass is 31.2. The van der Waals surface area contributed by atoms with E-state index in [-0.39, 0.29) is 30.2 Å². The molecule has 3 amide bonds. The molecule has 0 heterocycles. The molecular weight excluding hydrogens is 357 g/mol. The van der Waals surface area contributed by atoms with Gasteiger partial charge in [-0.1, -0.05) is 27.7 Å². The van der Waals surface area contributed by atoms with E-state index in [0.717, 1.165) is 0 Å². The Bertz CT molecular complexity index is 536. The minimum absolute atomic E-state index is 0.134. The summed E-state index contributed by atoms with van der Waals surface area (Å²) < 4.78 is 12.3. The number of hydrogen-bond donors (Lipinski definition) is 4. The van der Waals surface area contributed by atoms with Crippen molar-refractivity contribution in [1.82, 2.24) is 16.0 Å². The molecular formula is C17H34N3O5P. The minimum Gasteiger partial charge on any atom is -0.357 e. The van der Waals surface area contributed by atoms with Crippen molar-refractivity contribution in [3.63, 3.8) is 0 Å². The van der Waals surface area contributed by atoms with Crippen molar-refractivity contribution in [2.45, 2.75) is 53.5 Å². The number of rotatable bonds is 11. The maximum absolute atomic E-state index is 12.7. The summed E-state index contributed by atoms with van der Waals surface area (Å²) in [5.41, 5.74) is 0. The average Bonchev–Trinajstić information content (AvgIpc) is 2.49. The van der Waals surface area contributed by atoms with Crippen LogP contribution in [0.15, 0.2) is 0 Å². The van der Waals surface area contributed by atoms with Gasteiger partial charge in [0.05, 0.1) is 6.29 Å². The van der Waals surface area contributed by atoms with Crippen molar-refractivity contribution in [2.24, 2.45) is 17.8 Å². The monoisotopic (exact) mass is 391 g/mol. The van der Waals surface area contributed by atoms with Crippen molar-refractivity contribution in [1.29, 1.82) is 0 Å². The highest BCUT2D eigenvalue weighted by Crippen LogP contribution is 2.42. The number of carbonyl (C=O) groups excluding carboxylic acids is 3. The van der Waals surface area contributed by atoms with Crippen LogP contribution in [0.2, 0.25) is 0 Å². The van der Waals surface area contributed by atoms with Gasteiger partial charge in [-0.3, -0.25) is 18.9 Å². The van der Waals surface area contributed by atoms with Gasteiger partial charge < -0.3 is 20.8 Å². The summed E-state index contributed by atoms with van der Waals surface area (Å²) >= 11 is 0. The number of nitrogens with one attached hydrogen (secondary N) is 3. The van der Waals surface area contributed by atoms with E-state index in [2.05, 4.69) is 16.0 Å². The van der Waals surface area contributed by atoms with Gasteiger partial charge in [-0.25, -0.2) is 0 Å². The van der Waals surface area contributed by atoms with Crippen molar-refractivity contribution >= 4 is 25.1 Å². The van der Waals surface area contributed by atoms with Gasteiger partial charge >= 0.3 is 0 Å². The van der Waals surface area contributed by atoms with Gasteiger partial charge in [-0.05, 0) is 24.7 Å². The quantitative estimate of drug-likeness (QED) is 0.395. The third-order valence-electron chi connectivity index (χ3n) is 3.79. The van der Waals surface area contributed by atoms with E-state index < -0.39 is 31.1 Å². The summed E-state index contributed by atoms with van der Waals surface area (Å²) in [7, 11) is -2.20. The summed E-state index contributed by atoms with van der Waals surface area (Å²) in [5.74, 6) is -1.48. The molecule has 8 nitrogen and oxygen atoms in total. The summed E-state index contributed by atoms with van der Waals surface area (Å²) in [6.45, 7) is 8.99. The van der Waals surface area contributed by atoms with Gasteiger partial charge in [0.25, 0.3) is 0 Å². The van der Waals surface area contributed by atoms with Crippen LogP contribution in [-0.2, 0) is 18.9 Å². The first-order valence-corrected chi connectivity index (χ1v) is 11.0.